The quantitative estimate of drug-likeness (QED) is 0.335. The van der Waals surface area contributed by atoms with Crippen LogP contribution >= 0.6 is 0 Å². The summed E-state index contributed by atoms with van der Waals surface area (Å²) in [6, 6.07) is 13.4. The molecule has 1 aromatic rings. The van der Waals surface area contributed by atoms with Crippen molar-refractivity contribution < 1.29 is 18.4 Å². The number of para-hydroxylation sites is 1. The van der Waals surface area contributed by atoms with Crippen molar-refractivity contribution in [2.24, 2.45) is 23.2 Å². The summed E-state index contributed by atoms with van der Waals surface area (Å²) in [7, 11) is -3.95. The Balaban J connectivity index is 1.59. The standard InChI is InChI=1S/C29H47NO4Si2/c1-10-36(11-2,12-3)34-29-19-22-23(33-35(8,9)27(4,5)6)18-21(29)24-25(32-29)30(26(31)28(22,24)7)20-16-14-13-15-17-20/h13-17,21-25H,10-12,18-19H2,1-9H3/t21-,22+,23+,24+,25-,28+,29+/m0/s1. The molecule has 1 amide bonds. The normalized spacial score (nSPS) is 37.8. The maximum atomic E-state index is 14.3. The van der Waals surface area contributed by atoms with Crippen LogP contribution in [0.25, 0.3) is 0 Å². The Bertz CT molecular complexity index is 998. The number of carbonyl (C=O) groups is 1. The van der Waals surface area contributed by atoms with Crippen LogP contribution in [0.3, 0.4) is 0 Å². The largest absolute Gasteiger partial charge is 0.414 e. The monoisotopic (exact) mass is 529 g/mol. The molecule has 3 aliphatic carbocycles. The SMILES string of the molecule is CC[Si](CC)(CC)O[C@]12C[C@@H]3[C@H](O[Si](C)(C)C(C)(C)C)C[C@H]1[C@@H]1[C@H](O2)N(c2ccccc2)C(=O)[C@@]13C. The molecule has 0 unspecified atom stereocenters. The van der Waals surface area contributed by atoms with Gasteiger partial charge < -0.3 is 13.6 Å². The number of amides is 1. The first-order valence-electron chi connectivity index (χ1n) is 14.2. The first-order valence-corrected chi connectivity index (χ1v) is 19.7. The van der Waals surface area contributed by atoms with Crippen LogP contribution in [0.1, 0.15) is 61.3 Å². The number of anilines is 1. The van der Waals surface area contributed by atoms with Gasteiger partial charge in [-0.05, 0) is 61.7 Å². The minimum absolute atomic E-state index is 0.0804. The first kappa shape index (κ1) is 26.6. The van der Waals surface area contributed by atoms with Crippen molar-refractivity contribution in [2.75, 3.05) is 4.90 Å². The molecule has 5 nitrogen and oxygen atoms in total. The third kappa shape index (κ3) is 3.52. The highest BCUT2D eigenvalue weighted by atomic mass is 28.4. The molecule has 36 heavy (non-hydrogen) atoms. The summed E-state index contributed by atoms with van der Waals surface area (Å²) in [5.74, 6) is 0.0435. The van der Waals surface area contributed by atoms with Gasteiger partial charge in [0.25, 0.3) is 0 Å². The molecular weight excluding hydrogens is 482 g/mol. The van der Waals surface area contributed by atoms with Crippen LogP contribution < -0.4 is 4.90 Å². The van der Waals surface area contributed by atoms with Crippen LogP contribution in [-0.4, -0.2) is 40.7 Å². The molecule has 7 atom stereocenters. The van der Waals surface area contributed by atoms with Gasteiger partial charge in [-0.2, -0.15) is 0 Å². The molecule has 5 fully saturated rings. The van der Waals surface area contributed by atoms with Crippen LogP contribution in [0.2, 0.25) is 36.3 Å². The van der Waals surface area contributed by atoms with Crippen molar-refractivity contribution in [3.05, 3.63) is 30.3 Å². The van der Waals surface area contributed by atoms with Gasteiger partial charge in [-0.1, -0.05) is 59.7 Å². The van der Waals surface area contributed by atoms with E-state index in [1.165, 1.54) is 0 Å². The number of ether oxygens (including phenoxy) is 1. The van der Waals surface area contributed by atoms with Crippen molar-refractivity contribution in [3.63, 3.8) is 0 Å². The van der Waals surface area contributed by atoms with Crippen molar-refractivity contribution >= 4 is 28.2 Å². The molecule has 4 bridgehead atoms. The third-order valence-electron chi connectivity index (χ3n) is 11.1. The topological polar surface area (TPSA) is 48.0 Å². The molecule has 0 spiro atoms. The Kier molecular flexibility index (Phi) is 6.28. The highest BCUT2D eigenvalue weighted by Gasteiger charge is 2.80. The van der Waals surface area contributed by atoms with Gasteiger partial charge in [0.15, 0.2) is 22.4 Å². The van der Waals surface area contributed by atoms with Gasteiger partial charge in [0.05, 0.1) is 5.41 Å². The van der Waals surface area contributed by atoms with E-state index in [1.54, 1.807) is 0 Å². The Labute approximate surface area is 220 Å². The molecule has 2 heterocycles. The Morgan fingerprint density at radius 2 is 1.67 bits per heavy atom. The number of hydrogen-bond acceptors (Lipinski definition) is 4. The molecule has 7 heteroatoms. The molecular formula is C29H47NO4Si2. The lowest BCUT2D eigenvalue weighted by molar-refractivity contribution is -0.258. The summed E-state index contributed by atoms with van der Waals surface area (Å²) >= 11 is 0. The molecule has 1 aromatic carbocycles. The van der Waals surface area contributed by atoms with Gasteiger partial charge >= 0.3 is 0 Å². The maximum Gasteiger partial charge on any atom is 0.235 e. The van der Waals surface area contributed by atoms with Gasteiger partial charge in [-0.25, -0.2) is 0 Å². The molecule has 200 valence electrons. The highest BCUT2D eigenvalue weighted by Crippen LogP contribution is 2.72. The van der Waals surface area contributed by atoms with E-state index < -0.39 is 27.8 Å². The van der Waals surface area contributed by atoms with Gasteiger partial charge in [-0.15, -0.1) is 0 Å². The van der Waals surface area contributed by atoms with Gasteiger partial charge in [0.2, 0.25) is 5.91 Å². The van der Waals surface area contributed by atoms with E-state index >= 15 is 0 Å². The Hall–Kier alpha value is -0.996. The Morgan fingerprint density at radius 3 is 2.22 bits per heavy atom. The molecule has 3 saturated carbocycles. The van der Waals surface area contributed by atoms with Crippen LogP contribution in [0.5, 0.6) is 0 Å². The van der Waals surface area contributed by atoms with Crippen LogP contribution in [0, 0.1) is 23.2 Å². The average molecular weight is 530 g/mol. The summed E-state index contributed by atoms with van der Waals surface area (Å²) in [6.07, 6.45) is 1.54. The van der Waals surface area contributed by atoms with Crippen molar-refractivity contribution in [3.8, 4) is 0 Å². The summed E-state index contributed by atoms with van der Waals surface area (Å²) < 4.78 is 21.5. The number of benzene rings is 1. The third-order valence-corrected chi connectivity index (χ3v) is 20.2. The predicted molar refractivity (Wildman–Crippen MR) is 150 cm³/mol. The predicted octanol–water partition coefficient (Wildman–Crippen LogP) is 7.16. The minimum atomic E-state index is -2.01. The highest BCUT2D eigenvalue weighted by molar-refractivity contribution is 6.74. The van der Waals surface area contributed by atoms with Crippen LogP contribution in [-0.2, 0) is 18.4 Å². The molecule has 6 rings (SSSR count). The second-order valence-corrected chi connectivity index (χ2v) is 23.0. The number of fused-ring (bicyclic) bond motifs is 1. The number of carbonyl (C=O) groups excluding carboxylic acids is 1. The fraction of sp³-hybridized carbons (Fsp3) is 0.759. The van der Waals surface area contributed by atoms with E-state index in [9.17, 15) is 4.79 Å². The lowest BCUT2D eigenvalue weighted by Gasteiger charge is -2.60. The molecule has 2 aliphatic heterocycles. The van der Waals surface area contributed by atoms with Gasteiger partial charge in [0, 0.05) is 36.0 Å². The molecule has 0 radical (unpaired) electrons. The van der Waals surface area contributed by atoms with E-state index in [2.05, 4.69) is 61.6 Å². The lowest BCUT2D eigenvalue weighted by atomic mass is 9.50. The van der Waals surface area contributed by atoms with E-state index in [0.29, 0.717) is 0 Å². The molecule has 0 N–H and O–H groups in total. The number of rotatable bonds is 8. The summed E-state index contributed by atoms with van der Waals surface area (Å²) in [6.45, 7) is 20.7. The second-order valence-electron chi connectivity index (χ2n) is 13.6. The average Bonchev–Trinajstić information content (AvgIpc) is 3.22. The first-order chi connectivity index (χ1) is 16.8. The zero-order valence-electron chi connectivity index (χ0n) is 23.9. The van der Waals surface area contributed by atoms with Crippen molar-refractivity contribution in [2.45, 2.75) is 116 Å². The van der Waals surface area contributed by atoms with E-state index in [4.69, 9.17) is 13.6 Å². The zero-order chi connectivity index (χ0) is 26.3. The fourth-order valence-electron chi connectivity index (χ4n) is 7.68. The second kappa shape index (κ2) is 8.50. The van der Waals surface area contributed by atoms with Gasteiger partial charge in [0.1, 0.15) is 6.23 Å². The molecule has 5 aliphatic rings. The van der Waals surface area contributed by atoms with Gasteiger partial charge in [-0.3, -0.25) is 9.69 Å². The van der Waals surface area contributed by atoms with Crippen LogP contribution in [0.4, 0.5) is 5.69 Å². The minimum Gasteiger partial charge on any atom is -0.414 e. The van der Waals surface area contributed by atoms with E-state index in [1.807, 2.05) is 35.2 Å². The maximum absolute atomic E-state index is 14.3. The number of hydrogen-bond donors (Lipinski definition) is 0. The van der Waals surface area contributed by atoms with E-state index in [-0.39, 0.29) is 41.0 Å². The summed E-state index contributed by atoms with van der Waals surface area (Å²) in [4.78, 5) is 16.3. The lowest BCUT2D eigenvalue weighted by Crippen LogP contribution is -2.67. The molecule has 2 saturated heterocycles. The summed E-state index contributed by atoms with van der Waals surface area (Å²) in [5.41, 5.74) is 0.444. The van der Waals surface area contributed by atoms with E-state index in [0.717, 1.165) is 36.7 Å². The Morgan fingerprint density at radius 1 is 1.06 bits per heavy atom. The fourth-order valence-corrected chi connectivity index (χ4v) is 12.0. The zero-order valence-corrected chi connectivity index (χ0v) is 25.9. The summed E-state index contributed by atoms with van der Waals surface area (Å²) in [5, 5.41) is 0.126. The van der Waals surface area contributed by atoms with Crippen molar-refractivity contribution in [1.29, 1.82) is 0 Å². The van der Waals surface area contributed by atoms with Crippen LogP contribution in [0.15, 0.2) is 30.3 Å². The molecule has 0 aromatic heterocycles. The van der Waals surface area contributed by atoms with Crippen molar-refractivity contribution in [1.82, 2.24) is 0 Å². The number of nitrogens with zero attached hydrogens (tertiary/aromatic N) is 1. The smallest absolute Gasteiger partial charge is 0.235 e.